The number of hydrogen-bond acceptors (Lipinski definition) is 6. The normalized spacial score (nSPS) is 16.3. The van der Waals surface area contributed by atoms with E-state index in [0.29, 0.717) is 0 Å². The number of carbonyl (C=O) groups excluding carboxylic acids is 3. The molecule has 0 saturated carbocycles. The number of nitro groups is 1. The van der Waals surface area contributed by atoms with Gasteiger partial charge in [-0.2, -0.15) is 0 Å². The van der Waals surface area contributed by atoms with Crippen LogP contribution in [0.3, 0.4) is 0 Å². The van der Waals surface area contributed by atoms with Crippen LogP contribution in [0.1, 0.15) is 12.2 Å². The van der Waals surface area contributed by atoms with Gasteiger partial charge in [-0.25, -0.2) is 4.79 Å². The minimum absolute atomic E-state index is 0.0411. The lowest BCUT2D eigenvalue weighted by Gasteiger charge is -2.18. The van der Waals surface area contributed by atoms with Gasteiger partial charge in [-0.15, -0.1) is 0 Å². The Balaban J connectivity index is 1.98. The molecule has 0 atom stereocenters. The van der Waals surface area contributed by atoms with Crippen LogP contribution in [0.2, 0.25) is 0 Å². The van der Waals surface area contributed by atoms with Crippen LogP contribution in [0.25, 0.3) is 6.08 Å². The van der Waals surface area contributed by atoms with Crippen LogP contribution in [0, 0.1) is 16.0 Å². The topological polar surface area (TPSA) is 132 Å². The molecule has 104 valence electrons. The number of barbiturate groups is 1. The van der Waals surface area contributed by atoms with Crippen LogP contribution in [0.15, 0.2) is 22.6 Å². The molecule has 0 radical (unpaired) electrons. The number of amides is 4. The summed E-state index contributed by atoms with van der Waals surface area (Å²) in [4.78, 5) is 43.4. The number of imide groups is 2. The zero-order chi connectivity index (χ0) is 14.7. The Labute approximate surface area is 111 Å². The lowest BCUT2D eigenvalue weighted by Crippen LogP contribution is -2.55. The first-order chi connectivity index (χ1) is 9.47. The van der Waals surface area contributed by atoms with Crippen LogP contribution >= 0.6 is 0 Å². The summed E-state index contributed by atoms with van der Waals surface area (Å²) in [5.74, 6) is -2.57. The number of nitrogens with one attached hydrogen (secondary N) is 2. The third-order valence-corrected chi connectivity index (χ3v) is 2.55. The third-order valence-electron chi connectivity index (χ3n) is 2.55. The fraction of sp³-hybridized carbons (Fsp3) is 0.182. The fourth-order valence-electron chi connectivity index (χ4n) is 1.61. The second-order valence-corrected chi connectivity index (χ2v) is 3.93. The van der Waals surface area contributed by atoms with E-state index in [1.807, 2.05) is 10.6 Å². The average Bonchev–Trinajstić information content (AvgIpc) is 2.81. The summed E-state index contributed by atoms with van der Waals surface area (Å²) in [6, 6.07) is 1.74. The highest BCUT2D eigenvalue weighted by Crippen LogP contribution is 2.17. The Morgan fingerprint density at radius 2 is 1.90 bits per heavy atom. The number of rotatable bonds is 4. The molecule has 2 N–H and O–H groups in total. The molecule has 9 nitrogen and oxygen atoms in total. The van der Waals surface area contributed by atoms with Crippen molar-refractivity contribution >= 4 is 29.8 Å². The maximum atomic E-state index is 11.4. The average molecular weight is 279 g/mol. The van der Waals surface area contributed by atoms with Crippen molar-refractivity contribution in [1.82, 2.24) is 10.6 Å². The lowest BCUT2D eigenvalue weighted by molar-refractivity contribution is -0.402. The van der Waals surface area contributed by atoms with Gasteiger partial charge in [0.05, 0.1) is 6.07 Å². The van der Waals surface area contributed by atoms with Crippen LogP contribution in [0.4, 0.5) is 10.7 Å². The number of furan rings is 1. The Hall–Kier alpha value is -2.97. The molecule has 1 aromatic heterocycles. The maximum absolute atomic E-state index is 11.4. The standard InChI is InChI=1S/C11H9N3O6/c15-9-7(10(16)13-11(17)12-9)3-1-2-6-4-5-8(20-6)14(18)19/h1-2,4-5,7H,3H2,(H2,12,13,15,16,17)/b2-1+. The molecular formula is C11H9N3O6. The molecule has 0 bridgehead atoms. The molecular weight excluding hydrogens is 270 g/mol. The van der Waals surface area contributed by atoms with Gasteiger partial charge in [0, 0.05) is 0 Å². The Kier molecular flexibility index (Phi) is 3.60. The molecule has 0 unspecified atom stereocenters. The van der Waals surface area contributed by atoms with Crippen LogP contribution in [-0.2, 0) is 9.59 Å². The van der Waals surface area contributed by atoms with Gasteiger partial charge in [-0.1, -0.05) is 6.08 Å². The van der Waals surface area contributed by atoms with Crippen molar-refractivity contribution in [2.75, 3.05) is 0 Å². The first-order valence-corrected chi connectivity index (χ1v) is 5.54. The van der Waals surface area contributed by atoms with E-state index in [0.717, 1.165) is 0 Å². The van der Waals surface area contributed by atoms with Gasteiger partial charge in [-0.3, -0.25) is 30.3 Å². The minimum atomic E-state index is -1.02. The summed E-state index contributed by atoms with van der Waals surface area (Å²) in [5.41, 5.74) is 0. The fourth-order valence-corrected chi connectivity index (χ4v) is 1.61. The molecule has 1 aliphatic heterocycles. The maximum Gasteiger partial charge on any atom is 0.433 e. The zero-order valence-electron chi connectivity index (χ0n) is 9.99. The zero-order valence-corrected chi connectivity index (χ0v) is 9.99. The molecule has 1 fully saturated rings. The number of allylic oxidation sites excluding steroid dienone is 1. The smallest absolute Gasteiger partial charge is 0.401 e. The molecule has 1 aliphatic rings. The van der Waals surface area contributed by atoms with E-state index in [-0.39, 0.29) is 12.2 Å². The SMILES string of the molecule is O=C1NC(=O)C(C/C=C/c2ccc([N+](=O)[O-])o2)C(=O)N1. The Morgan fingerprint density at radius 1 is 1.25 bits per heavy atom. The van der Waals surface area contributed by atoms with E-state index < -0.39 is 34.6 Å². The summed E-state index contributed by atoms with van der Waals surface area (Å²) in [7, 11) is 0. The highest BCUT2D eigenvalue weighted by Gasteiger charge is 2.32. The molecule has 0 aliphatic carbocycles. The predicted molar refractivity (Wildman–Crippen MR) is 64.2 cm³/mol. The Morgan fingerprint density at radius 3 is 2.45 bits per heavy atom. The summed E-state index contributed by atoms with van der Waals surface area (Å²) < 4.78 is 4.86. The molecule has 0 spiro atoms. The number of urea groups is 1. The largest absolute Gasteiger partial charge is 0.433 e. The number of hydrogen-bond donors (Lipinski definition) is 2. The summed E-state index contributed by atoms with van der Waals surface area (Å²) in [5, 5.41) is 14.3. The summed E-state index contributed by atoms with van der Waals surface area (Å²) >= 11 is 0. The number of carbonyl (C=O) groups is 3. The minimum Gasteiger partial charge on any atom is -0.401 e. The van der Waals surface area contributed by atoms with Crippen molar-refractivity contribution in [2.45, 2.75) is 6.42 Å². The van der Waals surface area contributed by atoms with Crippen molar-refractivity contribution in [1.29, 1.82) is 0 Å². The molecule has 20 heavy (non-hydrogen) atoms. The van der Waals surface area contributed by atoms with E-state index >= 15 is 0 Å². The van der Waals surface area contributed by atoms with Crippen molar-refractivity contribution in [3.8, 4) is 0 Å². The van der Waals surface area contributed by atoms with Gasteiger partial charge < -0.3 is 4.42 Å². The van der Waals surface area contributed by atoms with E-state index in [1.165, 1.54) is 24.3 Å². The number of nitrogens with zero attached hydrogens (tertiary/aromatic N) is 1. The second-order valence-electron chi connectivity index (χ2n) is 3.93. The molecule has 4 amide bonds. The van der Waals surface area contributed by atoms with Crippen LogP contribution in [0.5, 0.6) is 0 Å². The summed E-state index contributed by atoms with van der Waals surface area (Å²) in [6.45, 7) is 0. The molecule has 1 saturated heterocycles. The Bertz CT molecular complexity index is 597. The van der Waals surface area contributed by atoms with E-state index in [9.17, 15) is 24.5 Å². The van der Waals surface area contributed by atoms with E-state index in [4.69, 9.17) is 4.42 Å². The van der Waals surface area contributed by atoms with Crippen molar-refractivity contribution < 1.29 is 23.7 Å². The van der Waals surface area contributed by atoms with Gasteiger partial charge in [0.25, 0.3) is 0 Å². The third kappa shape index (κ3) is 2.88. The lowest BCUT2D eigenvalue weighted by atomic mass is 10.0. The predicted octanol–water partition coefficient (Wildman–Crippen LogP) is 0.573. The first kappa shape index (κ1) is 13.5. The quantitative estimate of drug-likeness (QED) is 0.470. The summed E-state index contributed by atoms with van der Waals surface area (Å²) in [6.07, 6.45) is 2.91. The molecule has 2 heterocycles. The van der Waals surface area contributed by atoms with E-state index in [2.05, 4.69) is 0 Å². The second kappa shape index (κ2) is 5.34. The molecule has 2 rings (SSSR count). The van der Waals surface area contributed by atoms with Crippen molar-refractivity contribution in [2.24, 2.45) is 5.92 Å². The van der Waals surface area contributed by atoms with Crippen molar-refractivity contribution in [3.63, 3.8) is 0 Å². The molecule has 0 aromatic carbocycles. The van der Waals surface area contributed by atoms with Crippen LogP contribution in [-0.4, -0.2) is 22.8 Å². The van der Waals surface area contributed by atoms with Gasteiger partial charge in [0.15, 0.2) is 0 Å². The highest BCUT2D eigenvalue weighted by molar-refractivity contribution is 6.16. The van der Waals surface area contributed by atoms with E-state index in [1.54, 1.807) is 0 Å². The van der Waals surface area contributed by atoms with Gasteiger partial charge in [-0.05, 0) is 18.6 Å². The molecule has 1 aromatic rings. The van der Waals surface area contributed by atoms with Gasteiger partial charge in [0.2, 0.25) is 11.8 Å². The van der Waals surface area contributed by atoms with Crippen LogP contribution < -0.4 is 10.6 Å². The molecule has 9 heteroatoms. The van der Waals surface area contributed by atoms with Gasteiger partial charge in [0.1, 0.15) is 16.6 Å². The monoisotopic (exact) mass is 279 g/mol. The van der Waals surface area contributed by atoms with Gasteiger partial charge >= 0.3 is 11.9 Å². The highest BCUT2D eigenvalue weighted by atomic mass is 16.6. The van der Waals surface area contributed by atoms with Crippen molar-refractivity contribution in [3.05, 3.63) is 34.1 Å². The first-order valence-electron chi connectivity index (χ1n) is 5.54.